The van der Waals surface area contributed by atoms with Crippen LogP contribution in [0, 0.1) is 5.92 Å². The maximum absolute atomic E-state index is 12.8. The van der Waals surface area contributed by atoms with Crippen molar-refractivity contribution >= 4 is 22.8 Å². The molecule has 36 heavy (non-hydrogen) atoms. The lowest BCUT2D eigenvalue weighted by Gasteiger charge is -2.32. The third-order valence-electron chi connectivity index (χ3n) is 5.74. The van der Waals surface area contributed by atoms with Crippen LogP contribution in [-0.4, -0.2) is 39.5 Å². The third-order valence-corrected chi connectivity index (χ3v) is 5.74. The van der Waals surface area contributed by atoms with Crippen molar-refractivity contribution in [3.8, 4) is 11.1 Å². The lowest BCUT2D eigenvalue weighted by Crippen LogP contribution is -2.56. The standard InChI is InChI=1S/C25H29F3N6O2/c1-14(2)5-21(35)31-8-16-6-19-20(12-33-22(19)32-9-16)17-7-18(11-30-10-17)25(29,15(3)4)23(36)34-13-24(26,27)28/h5-7,9-12,15H,8,13,29H2,1-4H3,(H,31,35)(H,32,33)(H,34,36)/t25-/m1/s1. The van der Waals surface area contributed by atoms with Gasteiger partial charge in [-0.3, -0.25) is 14.6 Å². The minimum atomic E-state index is -4.56. The van der Waals surface area contributed by atoms with E-state index < -0.39 is 30.1 Å². The number of carbonyl (C=O) groups excluding carboxylic acids is 2. The molecule has 1 atom stereocenters. The molecular weight excluding hydrogens is 473 g/mol. The number of carbonyl (C=O) groups is 2. The van der Waals surface area contributed by atoms with E-state index in [1.165, 1.54) is 12.3 Å². The summed E-state index contributed by atoms with van der Waals surface area (Å²) in [5, 5.41) is 5.45. The van der Waals surface area contributed by atoms with Crippen molar-refractivity contribution in [1.82, 2.24) is 25.6 Å². The number of fused-ring (bicyclic) bond motifs is 1. The van der Waals surface area contributed by atoms with Crippen LogP contribution in [0.5, 0.6) is 0 Å². The van der Waals surface area contributed by atoms with Crippen LogP contribution in [0.2, 0.25) is 0 Å². The molecule has 0 bridgehead atoms. The molecule has 0 aromatic carbocycles. The Morgan fingerprint density at radius 2 is 1.86 bits per heavy atom. The van der Waals surface area contributed by atoms with E-state index in [4.69, 9.17) is 5.73 Å². The van der Waals surface area contributed by atoms with Crippen LogP contribution in [0.25, 0.3) is 22.2 Å². The molecule has 0 unspecified atom stereocenters. The van der Waals surface area contributed by atoms with Crippen molar-refractivity contribution in [3.63, 3.8) is 0 Å². The molecule has 0 spiro atoms. The molecule has 0 radical (unpaired) electrons. The van der Waals surface area contributed by atoms with E-state index in [0.29, 0.717) is 16.8 Å². The summed E-state index contributed by atoms with van der Waals surface area (Å²) in [6, 6.07) is 3.52. The second kappa shape index (κ2) is 10.5. The fraction of sp³-hybridized carbons (Fsp3) is 0.360. The van der Waals surface area contributed by atoms with E-state index in [9.17, 15) is 22.8 Å². The second-order valence-corrected chi connectivity index (χ2v) is 9.17. The second-order valence-electron chi connectivity index (χ2n) is 9.17. The van der Waals surface area contributed by atoms with E-state index in [2.05, 4.69) is 20.3 Å². The molecule has 11 heteroatoms. The Morgan fingerprint density at radius 3 is 2.50 bits per heavy atom. The molecule has 0 aliphatic rings. The number of nitrogens with two attached hydrogens (primary N) is 1. The summed E-state index contributed by atoms with van der Waals surface area (Å²) in [5.74, 6) is -1.68. The van der Waals surface area contributed by atoms with Crippen LogP contribution in [0.4, 0.5) is 13.2 Å². The molecule has 3 rings (SSSR count). The number of H-pyrrole nitrogens is 1. The number of aromatic nitrogens is 3. The maximum atomic E-state index is 12.8. The molecule has 192 valence electrons. The van der Waals surface area contributed by atoms with E-state index in [1.807, 2.05) is 25.2 Å². The highest BCUT2D eigenvalue weighted by atomic mass is 19.4. The Bertz CT molecular complexity index is 1290. The number of allylic oxidation sites excluding steroid dienone is 1. The number of aromatic amines is 1. The number of alkyl halides is 3. The molecular formula is C25H29F3N6O2. The largest absolute Gasteiger partial charge is 0.405 e. The lowest BCUT2D eigenvalue weighted by molar-refractivity contribution is -0.143. The average molecular weight is 503 g/mol. The fourth-order valence-electron chi connectivity index (χ4n) is 3.75. The van der Waals surface area contributed by atoms with Crippen LogP contribution in [0.3, 0.4) is 0 Å². The summed E-state index contributed by atoms with van der Waals surface area (Å²) in [6.07, 6.45) is 3.27. The van der Waals surface area contributed by atoms with Gasteiger partial charge in [-0.15, -0.1) is 0 Å². The van der Waals surface area contributed by atoms with Crippen molar-refractivity contribution in [3.05, 3.63) is 59.7 Å². The van der Waals surface area contributed by atoms with Crippen LogP contribution in [-0.2, 0) is 21.7 Å². The first-order valence-corrected chi connectivity index (χ1v) is 11.3. The molecule has 0 aliphatic carbocycles. The zero-order valence-corrected chi connectivity index (χ0v) is 20.5. The maximum Gasteiger partial charge on any atom is 0.405 e. The summed E-state index contributed by atoms with van der Waals surface area (Å²) >= 11 is 0. The number of halogens is 3. The number of nitrogens with one attached hydrogen (secondary N) is 3. The monoisotopic (exact) mass is 502 g/mol. The van der Waals surface area contributed by atoms with E-state index in [1.54, 1.807) is 38.5 Å². The van der Waals surface area contributed by atoms with Crippen molar-refractivity contribution in [1.29, 1.82) is 0 Å². The van der Waals surface area contributed by atoms with Crippen molar-refractivity contribution < 1.29 is 22.8 Å². The molecule has 0 fully saturated rings. The quantitative estimate of drug-likeness (QED) is 0.350. The van der Waals surface area contributed by atoms with Crippen molar-refractivity contribution in [2.45, 2.75) is 46.0 Å². The van der Waals surface area contributed by atoms with Crippen LogP contribution < -0.4 is 16.4 Å². The third kappa shape index (κ3) is 6.09. The van der Waals surface area contributed by atoms with E-state index in [0.717, 1.165) is 16.5 Å². The summed E-state index contributed by atoms with van der Waals surface area (Å²) < 4.78 is 38.1. The predicted molar refractivity (Wildman–Crippen MR) is 130 cm³/mol. The number of hydrogen-bond donors (Lipinski definition) is 4. The highest BCUT2D eigenvalue weighted by Gasteiger charge is 2.41. The van der Waals surface area contributed by atoms with Gasteiger partial charge in [-0.25, -0.2) is 4.98 Å². The van der Waals surface area contributed by atoms with Gasteiger partial charge in [0.1, 0.15) is 17.7 Å². The first kappa shape index (κ1) is 26.9. The van der Waals surface area contributed by atoms with Gasteiger partial charge < -0.3 is 21.4 Å². The zero-order valence-electron chi connectivity index (χ0n) is 20.5. The number of nitrogens with zero attached hydrogens (tertiary/aromatic N) is 2. The molecule has 0 saturated heterocycles. The summed E-state index contributed by atoms with van der Waals surface area (Å²) in [4.78, 5) is 36.4. The summed E-state index contributed by atoms with van der Waals surface area (Å²) in [5.41, 5.74) is 8.52. The SMILES string of the molecule is CC(C)=CC(=O)NCc1cnc2[nH]cc(-c3cncc([C@@](N)(C(=O)NCC(F)(F)F)C(C)C)c3)c2c1. The smallest absolute Gasteiger partial charge is 0.348 e. The van der Waals surface area contributed by atoms with Gasteiger partial charge in [0.15, 0.2) is 0 Å². The molecule has 0 aliphatic heterocycles. The minimum Gasteiger partial charge on any atom is -0.348 e. The van der Waals surface area contributed by atoms with Gasteiger partial charge in [-0.05, 0) is 37.5 Å². The molecule has 3 aromatic heterocycles. The molecule has 5 N–H and O–H groups in total. The highest BCUT2D eigenvalue weighted by molar-refractivity contribution is 5.94. The summed E-state index contributed by atoms with van der Waals surface area (Å²) in [6.45, 7) is 5.77. The van der Waals surface area contributed by atoms with Gasteiger partial charge in [-0.1, -0.05) is 19.4 Å². The Labute approximate surface area is 206 Å². The van der Waals surface area contributed by atoms with E-state index in [-0.39, 0.29) is 18.0 Å². The molecule has 0 saturated carbocycles. The van der Waals surface area contributed by atoms with Gasteiger partial charge in [0.05, 0.1) is 0 Å². The van der Waals surface area contributed by atoms with Crippen LogP contribution >= 0.6 is 0 Å². The van der Waals surface area contributed by atoms with Gasteiger partial charge in [0.2, 0.25) is 11.8 Å². The van der Waals surface area contributed by atoms with Gasteiger partial charge in [0.25, 0.3) is 0 Å². The average Bonchev–Trinajstić information content (AvgIpc) is 3.23. The van der Waals surface area contributed by atoms with Crippen LogP contribution in [0.15, 0.2) is 48.6 Å². The molecule has 3 aromatic rings. The number of pyridine rings is 2. The van der Waals surface area contributed by atoms with Gasteiger partial charge in [-0.2, -0.15) is 13.2 Å². The lowest BCUT2D eigenvalue weighted by atomic mass is 9.80. The minimum absolute atomic E-state index is 0.210. The molecule has 2 amide bonds. The molecule has 8 nitrogen and oxygen atoms in total. The van der Waals surface area contributed by atoms with Crippen molar-refractivity contribution in [2.24, 2.45) is 11.7 Å². The van der Waals surface area contributed by atoms with Crippen LogP contribution in [0.1, 0.15) is 38.8 Å². The molecule has 3 heterocycles. The van der Waals surface area contributed by atoms with Crippen molar-refractivity contribution in [2.75, 3.05) is 6.54 Å². The normalized spacial score (nSPS) is 13.4. The van der Waals surface area contributed by atoms with E-state index >= 15 is 0 Å². The predicted octanol–water partition coefficient (Wildman–Crippen LogP) is 3.70. The first-order valence-electron chi connectivity index (χ1n) is 11.3. The van der Waals surface area contributed by atoms with Gasteiger partial charge in [0, 0.05) is 59.5 Å². The number of hydrogen-bond acceptors (Lipinski definition) is 5. The highest BCUT2D eigenvalue weighted by Crippen LogP contribution is 2.33. The Kier molecular flexibility index (Phi) is 7.83. The Morgan fingerprint density at radius 1 is 1.14 bits per heavy atom. The Balaban J connectivity index is 1.94. The topological polar surface area (TPSA) is 126 Å². The number of rotatable bonds is 8. The summed E-state index contributed by atoms with van der Waals surface area (Å²) in [7, 11) is 0. The fourth-order valence-corrected chi connectivity index (χ4v) is 3.75. The zero-order chi connectivity index (χ0) is 26.7. The first-order chi connectivity index (χ1) is 16.8. The van der Waals surface area contributed by atoms with Gasteiger partial charge >= 0.3 is 6.18 Å². The number of amides is 2. The Hall–Kier alpha value is -3.73.